The van der Waals surface area contributed by atoms with E-state index in [1.807, 2.05) is 0 Å². The van der Waals surface area contributed by atoms with Crippen LogP contribution in [0.15, 0.2) is 53.7 Å². The zero-order valence-corrected chi connectivity index (χ0v) is 18.8. The Hall–Kier alpha value is -2.82. The van der Waals surface area contributed by atoms with E-state index < -0.39 is 5.97 Å². The average Bonchev–Trinajstić information content (AvgIpc) is 2.80. The molecular formula is C26H35NO4. The van der Waals surface area contributed by atoms with Gasteiger partial charge < -0.3 is 14.7 Å². The van der Waals surface area contributed by atoms with Gasteiger partial charge in [0.1, 0.15) is 11.5 Å². The fraction of sp³-hybridized carbons (Fsp3) is 0.462. The van der Waals surface area contributed by atoms with Gasteiger partial charge in [-0.2, -0.15) is 0 Å². The third kappa shape index (κ3) is 8.83. The van der Waals surface area contributed by atoms with Crippen molar-refractivity contribution in [1.82, 2.24) is 0 Å². The molecule has 0 aliphatic heterocycles. The summed E-state index contributed by atoms with van der Waals surface area (Å²) in [6.07, 6.45) is 10.0. The molecule has 0 aliphatic rings. The molecule has 0 saturated heterocycles. The van der Waals surface area contributed by atoms with Crippen LogP contribution in [-0.2, 0) is 0 Å². The predicted octanol–water partition coefficient (Wildman–Crippen LogP) is 7.01. The second-order valence-electron chi connectivity index (χ2n) is 7.70. The summed E-state index contributed by atoms with van der Waals surface area (Å²) in [5.41, 5.74) is 1.93. The molecule has 0 unspecified atom stereocenters. The Morgan fingerprint density at radius 3 is 2.00 bits per heavy atom. The van der Waals surface area contributed by atoms with Gasteiger partial charge in [-0.1, -0.05) is 57.5 Å². The van der Waals surface area contributed by atoms with Gasteiger partial charge in [-0.25, -0.2) is 4.79 Å². The second kappa shape index (κ2) is 14.2. The Labute approximate surface area is 186 Å². The lowest BCUT2D eigenvalue weighted by molar-refractivity contribution is 0.0734. The Balaban J connectivity index is 1.80. The highest BCUT2D eigenvalue weighted by atomic mass is 16.5. The molecule has 5 nitrogen and oxygen atoms in total. The maximum absolute atomic E-state index is 12.4. The smallest absolute Gasteiger partial charge is 0.343 e. The van der Waals surface area contributed by atoms with Gasteiger partial charge in [-0.15, -0.1) is 0 Å². The SMILES string of the molecule is CCCCCCCCOc1ccc(C(=O)Oc2ccc(C(CCCC)=NO)cc2)cc1. The minimum absolute atomic E-state index is 0.419. The minimum Gasteiger partial charge on any atom is -0.494 e. The van der Waals surface area contributed by atoms with Crippen molar-refractivity contribution in [3.8, 4) is 11.5 Å². The van der Waals surface area contributed by atoms with Crippen LogP contribution in [0.4, 0.5) is 0 Å². The van der Waals surface area contributed by atoms with Crippen LogP contribution in [0.2, 0.25) is 0 Å². The van der Waals surface area contributed by atoms with Crippen molar-refractivity contribution in [2.24, 2.45) is 5.16 Å². The second-order valence-corrected chi connectivity index (χ2v) is 7.70. The summed E-state index contributed by atoms with van der Waals surface area (Å²) >= 11 is 0. The lowest BCUT2D eigenvalue weighted by Crippen LogP contribution is -2.09. The quantitative estimate of drug-likeness (QED) is 0.0882. The molecule has 31 heavy (non-hydrogen) atoms. The molecule has 2 rings (SSSR count). The largest absolute Gasteiger partial charge is 0.494 e. The van der Waals surface area contributed by atoms with Crippen LogP contribution in [0.5, 0.6) is 11.5 Å². The highest BCUT2D eigenvalue weighted by Gasteiger charge is 2.10. The summed E-state index contributed by atoms with van der Waals surface area (Å²) in [6.45, 7) is 5.00. The Morgan fingerprint density at radius 2 is 1.35 bits per heavy atom. The maximum Gasteiger partial charge on any atom is 0.343 e. The normalized spacial score (nSPS) is 11.4. The molecule has 0 radical (unpaired) electrons. The van der Waals surface area contributed by atoms with Gasteiger partial charge in [-0.3, -0.25) is 0 Å². The first-order valence-electron chi connectivity index (χ1n) is 11.4. The number of carbonyl (C=O) groups excluding carboxylic acids is 1. The monoisotopic (exact) mass is 425 g/mol. The third-order valence-electron chi connectivity index (χ3n) is 5.14. The summed E-state index contributed by atoms with van der Waals surface area (Å²) in [6, 6.07) is 14.1. The van der Waals surface area contributed by atoms with E-state index in [0.717, 1.165) is 30.6 Å². The highest BCUT2D eigenvalue weighted by Crippen LogP contribution is 2.18. The Bertz CT molecular complexity index is 797. The maximum atomic E-state index is 12.4. The number of benzene rings is 2. The summed E-state index contributed by atoms with van der Waals surface area (Å²) < 4.78 is 11.2. The fourth-order valence-electron chi connectivity index (χ4n) is 3.24. The van der Waals surface area contributed by atoms with Crippen LogP contribution in [-0.4, -0.2) is 23.5 Å². The van der Waals surface area contributed by atoms with Crippen molar-refractivity contribution in [2.45, 2.75) is 71.6 Å². The summed E-state index contributed by atoms with van der Waals surface area (Å²) in [7, 11) is 0. The molecular weight excluding hydrogens is 390 g/mol. The van der Waals surface area contributed by atoms with Crippen molar-refractivity contribution in [2.75, 3.05) is 6.61 Å². The van der Waals surface area contributed by atoms with E-state index in [9.17, 15) is 10.0 Å². The number of hydrogen-bond donors (Lipinski definition) is 1. The molecule has 0 aliphatic carbocycles. The van der Waals surface area contributed by atoms with E-state index in [1.54, 1.807) is 48.5 Å². The first kappa shape index (κ1) is 24.4. The number of hydrogen-bond acceptors (Lipinski definition) is 5. The van der Waals surface area contributed by atoms with Gasteiger partial charge in [0.05, 0.1) is 17.9 Å². The zero-order valence-electron chi connectivity index (χ0n) is 18.8. The van der Waals surface area contributed by atoms with E-state index in [-0.39, 0.29) is 0 Å². The van der Waals surface area contributed by atoms with Gasteiger partial charge in [-0.05, 0) is 73.4 Å². The molecule has 0 amide bonds. The standard InChI is InChI=1S/C26H35NO4/c1-3-5-7-8-9-10-20-30-23-16-14-22(15-17-23)26(28)31-24-18-12-21(13-19-24)25(27-29)11-6-4-2/h12-19,29H,3-11,20H2,1-2H3. The number of carbonyl (C=O) groups is 1. The molecule has 0 saturated carbocycles. The van der Waals surface area contributed by atoms with Crippen molar-refractivity contribution in [1.29, 1.82) is 0 Å². The third-order valence-corrected chi connectivity index (χ3v) is 5.14. The van der Waals surface area contributed by atoms with Crippen molar-refractivity contribution < 1.29 is 19.5 Å². The van der Waals surface area contributed by atoms with Gasteiger partial charge in [0.25, 0.3) is 0 Å². The van der Waals surface area contributed by atoms with Crippen LogP contribution in [0.25, 0.3) is 0 Å². The van der Waals surface area contributed by atoms with Crippen LogP contribution in [0, 0.1) is 0 Å². The Morgan fingerprint density at radius 1 is 0.774 bits per heavy atom. The topological polar surface area (TPSA) is 68.1 Å². The number of rotatable bonds is 14. The molecule has 0 aromatic heterocycles. The number of nitrogens with zero attached hydrogens (tertiary/aromatic N) is 1. The average molecular weight is 426 g/mol. The van der Waals surface area contributed by atoms with E-state index in [1.165, 1.54) is 32.1 Å². The lowest BCUT2D eigenvalue weighted by atomic mass is 10.0. The van der Waals surface area contributed by atoms with Gasteiger partial charge in [0, 0.05) is 0 Å². The first-order chi connectivity index (χ1) is 15.2. The van der Waals surface area contributed by atoms with Crippen molar-refractivity contribution in [3.63, 3.8) is 0 Å². The van der Waals surface area contributed by atoms with Gasteiger partial charge >= 0.3 is 5.97 Å². The summed E-state index contributed by atoms with van der Waals surface area (Å²) in [5, 5.41) is 12.6. The summed E-state index contributed by atoms with van der Waals surface area (Å²) in [5.74, 6) is 0.791. The lowest BCUT2D eigenvalue weighted by Gasteiger charge is -2.08. The number of oxime groups is 1. The molecule has 5 heteroatoms. The van der Waals surface area contributed by atoms with Crippen LogP contribution >= 0.6 is 0 Å². The molecule has 0 fully saturated rings. The van der Waals surface area contributed by atoms with Crippen LogP contribution in [0.3, 0.4) is 0 Å². The minimum atomic E-state index is -0.419. The first-order valence-corrected chi connectivity index (χ1v) is 11.4. The molecule has 168 valence electrons. The molecule has 0 spiro atoms. The Kier molecular flexibility index (Phi) is 11.2. The van der Waals surface area contributed by atoms with E-state index in [2.05, 4.69) is 19.0 Å². The number of unbranched alkanes of at least 4 members (excludes halogenated alkanes) is 6. The fourth-order valence-corrected chi connectivity index (χ4v) is 3.24. The van der Waals surface area contributed by atoms with Crippen LogP contribution in [0.1, 0.15) is 87.6 Å². The van der Waals surface area contributed by atoms with E-state index in [4.69, 9.17) is 9.47 Å². The number of ether oxygens (including phenoxy) is 2. The summed E-state index contributed by atoms with van der Waals surface area (Å²) in [4.78, 5) is 12.4. The molecule has 0 bridgehead atoms. The predicted molar refractivity (Wildman–Crippen MR) is 125 cm³/mol. The molecule has 1 N–H and O–H groups in total. The van der Waals surface area contributed by atoms with E-state index in [0.29, 0.717) is 30.1 Å². The number of esters is 1. The molecule has 2 aromatic rings. The molecule has 2 aromatic carbocycles. The van der Waals surface area contributed by atoms with E-state index >= 15 is 0 Å². The van der Waals surface area contributed by atoms with Gasteiger partial charge in [0.15, 0.2) is 0 Å². The van der Waals surface area contributed by atoms with Crippen molar-refractivity contribution in [3.05, 3.63) is 59.7 Å². The van der Waals surface area contributed by atoms with Crippen molar-refractivity contribution >= 4 is 11.7 Å². The molecule has 0 heterocycles. The zero-order chi connectivity index (χ0) is 22.3. The van der Waals surface area contributed by atoms with Crippen LogP contribution < -0.4 is 9.47 Å². The molecule has 0 atom stereocenters. The van der Waals surface area contributed by atoms with Gasteiger partial charge in [0.2, 0.25) is 0 Å². The highest BCUT2D eigenvalue weighted by molar-refractivity contribution is 6.00.